The predicted molar refractivity (Wildman–Crippen MR) is 106 cm³/mol. The predicted octanol–water partition coefficient (Wildman–Crippen LogP) is 2.47. The van der Waals surface area contributed by atoms with E-state index in [0.29, 0.717) is 25.1 Å². The molecule has 0 saturated heterocycles. The standard InChI is InChI=1S/C20H22N4O2S/c25-19(7-10-23-20(26)17-8-13-27-15-17)22-9-6-18-21-11-12-24(18)14-16-4-2-1-3-5-16/h1-5,8,11-13,15H,6-7,9-10,14H2,(H,22,25)(H,23,26). The summed E-state index contributed by atoms with van der Waals surface area (Å²) in [5.74, 6) is 0.707. The quantitative estimate of drug-likeness (QED) is 0.597. The van der Waals surface area contributed by atoms with Gasteiger partial charge in [0.2, 0.25) is 5.91 Å². The fourth-order valence-corrected chi connectivity index (χ4v) is 3.32. The molecular weight excluding hydrogens is 360 g/mol. The van der Waals surface area contributed by atoms with Gasteiger partial charge in [0.25, 0.3) is 5.91 Å². The van der Waals surface area contributed by atoms with Crippen LogP contribution in [0.4, 0.5) is 0 Å². The summed E-state index contributed by atoms with van der Waals surface area (Å²) in [6, 6.07) is 12.0. The van der Waals surface area contributed by atoms with Crippen LogP contribution in [-0.4, -0.2) is 34.5 Å². The van der Waals surface area contributed by atoms with Gasteiger partial charge in [-0.05, 0) is 17.0 Å². The molecule has 140 valence electrons. The Balaban J connectivity index is 1.37. The Morgan fingerprint density at radius 2 is 1.93 bits per heavy atom. The van der Waals surface area contributed by atoms with Gasteiger partial charge in [-0.1, -0.05) is 30.3 Å². The molecule has 0 aliphatic heterocycles. The summed E-state index contributed by atoms with van der Waals surface area (Å²) >= 11 is 1.47. The van der Waals surface area contributed by atoms with Gasteiger partial charge in [-0.25, -0.2) is 4.98 Å². The molecule has 27 heavy (non-hydrogen) atoms. The lowest BCUT2D eigenvalue weighted by atomic mass is 10.2. The Bertz CT molecular complexity index is 859. The van der Waals surface area contributed by atoms with Gasteiger partial charge < -0.3 is 15.2 Å². The highest BCUT2D eigenvalue weighted by molar-refractivity contribution is 7.08. The molecule has 2 heterocycles. The monoisotopic (exact) mass is 382 g/mol. The Labute approximate surface area is 162 Å². The number of hydrogen-bond donors (Lipinski definition) is 2. The van der Waals surface area contributed by atoms with Crippen LogP contribution in [0.2, 0.25) is 0 Å². The van der Waals surface area contributed by atoms with E-state index in [1.165, 1.54) is 16.9 Å². The fourth-order valence-electron chi connectivity index (χ4n) is 2.68. The first-order valence-corrected chi connectivity index (χ1v) is 9.77. The molecule has 2 N–H and O–H groups in total. The number of carbonyl (C=O) groups is 2. The van der Waals surface area contributed by atoms with Gasteiger partial charge >= 0.3 is 0 Å². The first-order chi connectivity index (χ1) is 13.2. The van der Waals surface area contributed by atoms with Gasteiger partial charge in [0.1, 0.15) is 5.82 Å². The summed E-state index contributed by atoms with van der Waals surface area (Å²) in [5, 5.41) is 9.26. The number of benzene rings is 1. The molecule has 0 saturated carbocycles. The Morgan fingerprint density at radius 1 is 1.07 bits per heavy atom. The number of nitrogens with zero attached hydrogens (tertiary/aromatic N) is 2. The van der Waals surface area contributed by atoms with Crippen molar-refractivity contribution in [1.82, 2.24) is 20.2 Å². The average Bonchev–Trinajstić information content (AvgIpc) is 3.35. The minimum absolute atomic E-state index is 0.0817. The van der Waals surface area contributed by atoms with E-state index in [0.717, 1.165) is 12.4 Å². The third kappa shape index (κ3) is 5.79. The number of hydrogen-bond acceptors (Lipinski definition) is 4. The zero-order valence-corrected chi connectivity index (χ0v) is 15.7. The summed E-state index contributed by atoms with van der Waals surface area (Å²) in [5.41, 5.74) is 1.84. The van der Waals surface area contributed by atoms with Gasteiger partial charge in [-0.2, -0.15) is 11.3 Å². The van der Waals surface area contributed by atoms with E-state index in [9.17, 15) is 9.59 Å². The van der Waals surface area contributed by atoms with E-state index >= 15 is 0 Å². The van der Waals surface area contributed by atoms with Crippen LogP contribution < -0.4 is 10.6 Å². The molecule has 3 rings (SSSR count). The summed E-state index contributed by atoms with van der Waals surface area (Å²) in [6.07, 6.45) is 4.64. The molecule has 2 aromatic heterocycles. The molecule has 3 aromatic rings. The first kappa shape index (κ1) is 18.8. The minimum Gasteiger partial charge on any atom is -0.356 e. The van der Waals surface area contributed by atoms with Gasteiger partial charge in [0.05, 0.1) is 0 Å². The minimum atomic E-state index is -0.146. The van der Waals surface area contributed by atoms with Crippen LogP contribution in [0.25, 0.3) is 0 Å². The normalized spacial score (nSPS) is 10.5. The van der Waals surface area contributed by atoms with Crippen molar-refractivity contribution in [3.63, 3.8) is 0 Å². The molecular formula is C20H22N4O2S. The SMILES string of the molecule is O=C(CCNC(=O)c1ccsc1)NCCc1nccn1Cc1ccccc1. The lowest BCUT2D eigenvalue weighted by Gasteiger charge is -2.09. The largest absolute Gasteiger partial charge is 0.356 e. The molecule has 1 aromatic carbocycles. The summed E-state index contributed by atoms with van der Waals surface area (Å²) < 4.78 is 2.09. The van der Waals surface area contributed by atoms with Crippen molar-refractivity contribution in [2.24, 2.45) is 0 Å². The van der Waals surface area contributed by atoms with Crippen LogP contribution in [0.15, 0.2) is 59.6 Å². The zero-order valence-electron chi connectivity index (χ0n) is 14.9. The van der Waals surface area contributed by atoms with Crippen LogP contribution in [0.1, 0.15) is 28.2 Å². The highest BCUT2D eigenvalue weighted by atomic mass is 32.1. The van der Waals surface area contributed by atoms with Crippen LogP contribution >= 0.6 is 11.3 Å². The van der Waals surface area contributed by atoms with Gasteiger partial charge in [-0.15, -0.1) is 0 Å². The van der Waals surface area contributed by atoms with E-state index in [1.54, 1.807) is 17.6 Å². The van der Waals surface area contributed by atoms with Crippen molar-refractivity contribution in [3.8, 4) is 0 Å². The molecule has 7 heteroatoms. The third-order valence-corrected chi connectivity index (χ3v) is 4.77. The second-order valence-electron chi connectivity index (χ2n) is 6.07. The molecule has 2 amide bonds. The number of aromatic nitrogens is 2. The zero-order chi connectivity index (χ0) is 18.9. The summed E-state index contributed by atoms with van der Waals surface area (Å²) in [7, 11) is 0. The smallest absolute Gasteiger partial charge is 0.252 e. The Morgan fingerprint density at radius 3 is 2.70 bits per heavy atom. The molecule has 0 spiro atoms. The van der Waals surface area contributed by atoms with Crippen molar-refractivity contribution >= 4 is 23.2 Å². The summed E-state index contributed by atoms with van der Waals surface area (Å²) in [4.78, 5) is 28.1. The molecule has 0 aliphatic carbocycles. The first-order valence-electron chi connectivity index (χ1n) is 8.83. The summed E-state index contributed by atoms with van der Waals surface area (Å²) in [6.45, 7) is 1.60. The van der Waals surface area contributed by atoms with E-state index in [1.807, 2.05) is 29.8 Å². The molecule has 0 bridgehead atoms. The van der Waals surface area contributed by atoms with Crippen LogP contribution in [-0.2, 0) is 17.8 Å². The van der Waals surface area contributed by atoms with Gasteiger partial charge in [0.15, 0.2) is 0 Å². The molecule has 6 nitrogen and oxygen atoms in total. The van der Waals surface area contributed by atoms with Crippen molar-refractivity contribution in [2.45, 2.75) is 19.4 Å². The topological polar surface area (TPSA) is 76.0 Å². The fraction of sp³-hybridized carbons (Fsp3) is 0.250. The second kappa shape index (κ2) is 9.68. The van der Waals surface area contributed by atoms with E-state index in [2.05, 4.69) is 32.3 Å². The number of imidazole rings is 1. The number of amides is 2. The van der Waals surface area contributed by atoms with Gasteiger partial charge in [0, 0.05) is 55.8 Å². The molecule has 0 radical (unpaired) electrons. The van der Waals surface area contributed by atoms with E-state index in [4.69, 9.17) is 0 Å². The number of nitrogens with one attached hydrogen (secondary N) is 2. The lowest BCUT2D eigenvalue weighted by molar-refractivity contribution is -0.120. The van der Waals surface area contributed by atoms with E-state index < -0.39 is 0 Å². The maximum atomic E-state index is 11.9. The van der Waals surface area contributed by atoms with Crippen molar-refractivity contribution in [3.05, 3.63) is 76.5 Å². The highest BCUT2D eigenvalue weighted by Gasteiger charge is 2.08. The Hall–Kier alpha value is -2.93. The van der Waals surface area contributed by atoms with Crippen molar-refractivity contribution in [2.75, 3.05) is 13.1 Å². The molecule has 0 atom stereocenters. The molecule has 0 aliphatic rings. The molecule has 0 fully saturated rings. The van der Waals surface area contributed by atoms with Gasteiger partial charge in [-0.3, -0.25) is 9.59 Å². The third-order valence-electron chi connectivity index (χ3n) is 4.09. The second-order valence-corrected chi connectivity index (χ2v) is 6.85. The average molecular weight is 382 g/mol. The van der Waals surface area contributed by atoms with Crippen molar-refractivity contribution < 1.29 is 9.59 Å². The number of rotatable bonds is 9. The van der Waals surface area contributed by atoms with E-state index in [-0.39, 0.29) is 18.2 Å². The highest BCUT2D eigenvalue weighted by Crippen LogP contribution is 2.06. The maximum absolute atomic E-state index is 11.9. The number of thiophene rings is 1. The van der Waals surface area contributed by atoms with Crippen LogP contribution in [0.3, 0.4) is 0 Å². The molecule has 0 unspecified atom stereocenters. The Kier molecular flexibility index (Phi) is 6.76. The van der Waals surface area contributed by atoms with Crippen LogP contribution in [0.5, 0.6) is 0 Å². The van der Waals surface area contributed by atoms with Crippen LogP contribution in [0, 0.1) is 0 Å². The lowest BCUT2D eigenvalue weighted by Crippen LogP contribution is -2.31. The maximum Gasteiger partial charge on any atom is 0.252 e. The van der Waals surface area contributed by atoms with Crippen molar-refractivity contribution in [1.29, 1.82) is 0 Å². The number of carbonyl (C=O) groups excluding carboxylic acids is 2.